The van der Waals surface area contributed by atoms with Crippen molar-refractivity contribution in [3.63, 3.8) is 0 Å². The summed E-state index contributed by atoms with van der Waals surface area (Å²) in [5.41, 5.74) is 0.112. The molecule has 1 saturated heterocycles. The van der Waals surface area contributed by atoms with Crippen LogP contribution in [-0.2, 0) is 33.4 Å². The largest absolute Gasteiger partial charge is 0.349 e. The first-order valence-electron chi connectivity index (χ1n) is 11.0. The standard InChI is InChI=1S/C22H18ClF2N3O4/c23-15-4-2-14(3-5-15)22(24,25)21(32)26-10-12-1-6-16-13(9-12)11-28(20(16)31)17-7-8-18(29)27-19(17)30/h1-6,9,17H,7-8,10-11H2,(H,26,32)(H,27,29,30)/i7D,17D/hD. The number of rotatable bonds is 5. The van der Waals surface area contributed by atoms with Gasteiger partial charge in [-0.05, 0) is 35.7 Å². The van der Waals surface area contributed by atoms with Crippen LogP contribution in [0.1, 0.15) is 42.6 Å². The number of halogens is 3. The van der Waals surface area contributed by atoms with E-state index in [0.29, 0.717) is 5.56 Å². The monoisotopic (exact) mass is 464 g/mol. The topological polar surface area (TPSA) is 95.6 Å². The smallest absolute Gasteiger partial charge is 0.346 e. The molecule has 2 atom stereocenters. The van der Waals surface area contributed by atoms with Crippen molar-refractivity contribution in [2.45, 2.75) is 37.8 Å². The van der Waals surface area contributed by atoms with Crippen molar-refractivity contribution in [1.29, 1.82) is 0 Å². The lowest BCUT2D eigenvalue weighted by Crippen LogP contribution is -2.52. The molecule has 7 nitrogen and oxygen atoms in total. The highest BCUT2D eigenvalue weighted by Crippen LogP contribution is 2.30. The number of imide groups is 1. The van der Waals surface area contributed by atoms with Crippen LogP contribution in [0.15, 0.2) is 42.5 Å². The summed E-state index contributed by atoms with van der Waals surface area (Å²) in [4.78, 5) is 49.9. The van der Waals surface area contributed by atoms with Gasteiger partial charge < -0.3 is 10.2 Å². The van der Waals surface area contributed by atoms with Gasteiger partial charge in [0.25, 0.3) is 11.8 Å². The van der Waals surface area contributed by atoms with Crippen molar-refractivity contribution in [3.05, 3.63) is 69.7 Å². The minimum atomic E-state index is -3.97. The molecular formula is C22H18ClF2N3O4. The Balaban J connectivity index is 1.52. The van der Waals surface area contributed by atoms with Crippen LogP contribution >= 0.6 is 11.6 Å². The average molecular weight is 465 g/mol. The van der Waals surface area contributed by atoms with Gasteiger partial charge in [0.15, 0.2) is 1.41 Å². The van der Waals surface area contributed by atoms with Gasteiger partial charge in [-0.25, -0.2) is 0 Å². The van der Waals surface area contributed by atoms with Gasteiger partial charge in [-0.3, -0.25) is 24.5 Å². The van der Waals surface area contributed by atoms with Gasteiger partial charge in [0.05, 0.1) is 1.37 Å². The molecule has 0 radical (unpaired) electrons. The molecular weight excluding hydrogens is 444 g/mol. The molecule has 4 amide bonds. The van der Waals surface area contributed by atoms with Crippen molar-refractivity contribution in [2.75, 3.05) is 0 Å². The Morgan fingerprint density at radius 1 is 1.28 bits per heavy atom. The van der Waals surface area contributed by atoms with Crippen LogP contribution < -0.4 is 10.6 Å². The highest BCUT2D eigenvalue weighted by molar-refractivity contribution is 6.30. The SMILES string of the molecule is [2H]C1CC(=O)NC(=O)C1([2H])N1Cc2cc(CN([2H])C(=O)C(F)(F)c3ccc(Cl)cc3)ccc2C1=O. The van der Waals surface area contributed by atoms with E-state index in [1.807, 2.05) is 5.32 Å². The maximum Gasteiger partial charge on any atom is 0.349 e. The van der Waals surface area contributed by atoms with E-state index < -0.39 is 60.5 Å². The van der Waals surface area contributed by atoms with Gasteiger partial charge in [-0.2, -0.15) is 8.78 Å². The first-order valence-corrected chi connectivity index (χ1v) is 9.88. The molecule has 0 aromatic heterocycles. The normalized spacial score (nSPS) is 24.3. The Morgan fingerprint density at radius 2 is 2.00 bits per heavy atom. The fraction of sp³-hybridized carbons (Fsp3) is 0.273. The number of carbonyl (C=O) groups is 4. The molecule has 4 rings (SSSR count). The minimum Gasteiger partial charge on any atom is -0.346 e. The van der Waals surface area contributed by atoms with E-state index >= 15 is 0 Å². The number of fused-ring (bicyclic) bond motifs is 1. The lowest BCUT2D eigenvalue weighted by Gasteiger charge is -2.29. The minimum absolute atomic E-state index is 0.108. The molecule has 0 bridgehead atoms. The Kier molecular flexibility index (Phi) is 4.74. The van der Waals surface area contributed by atoms with Crippen LogP contribution in [0.3, 0.4) is 0 Å². The van der Waals surface area contributed by atoms with Gasteiger partial charge in [0.2, 0.25) is 11.8 Å². The number of alkyl halides is 2. The molecule has 0 aliphatic carbocycles. The Bertz CT molecular complexity index is 1250. The van der Waals surface area contributed by atoms with E-state index in [2.05, 4.69) is 0 Å². The third-order valence-electron chi connectivity index (χ3n) is 5.11. The van der Waals surface area contributed by atoms with E-state index in [1.54, 1.807) is 0 Å². The number of amides is 4. The molecule has 2 aliphatic rings. The number of hydrogen-bond acceptors (Lipinski definition) is 4. The highest BCUT2D eigenvalue weighted by atomic mass is 35.5. The third-order valence-corrected chi connectivity index (χ3v) is 5.36. The van der Waals surface area contributed by atoms with Gasteiger partial charge in [0.1, 0.15) is 6.02 Å². The molecule has 2 aromatic carbocycles. The van der Waals surface area contributed by atoms with E-state index in [-0.39, 0.29) is 28.0 Å². The summed E-state index contributed by atoms with van der Waals surface area (Å²) in [6.45, 7) is -0.763. The zero-order valence-electron chi connectivity index (χ0n) is 19.4. The summed E-state index contributed by atoms with van der Waals surface area (Å²) in [6, 6.07) is 6.20. The number of carbonyl (C=O) groups excluding carboxylic acids is 4. The first-order chi connectivity index (χ1) is 16.4. The molecule has 2 N–H and O–H groups in total. The van der Waals surface area contributed by atoms with Gasteiger partial charge in [-0.1, -0.05) is 35.9 Å². The second-order valence-corrected chi connectivity index (χ2v) is 7.69. The second-order valence-electron chi connectivity index (χ2n) is 7.26. The quantitative estimate of drug-likeness (QED) is 0.665. The predicted molar refractivity (Wildman–Crippen MR) is 110 cm³/mol. The van der Waals surface area contributed by atoms with Crippen molar-refractivity contribution >= 4 is 35.2 Å². The number of hydrogen-bond donors (Lipinski definition) is 2. The number of piperidine rings is 1. The summed E-state index contributed by atoms with van der Waals surface area (Å²) < 4.78 is 53.6. The number of nitrogens with one attached hydrogen (secondary N) is 2. The van der Waals surface area contributed by atoms with Gasteiger partial charge in [0, 0.05) is 37.0 Å². The summed E-state index contributed by atoms with van der Waals surface area (Å²) in [5.74, 6) is -8.22. The first kappa shape index (κ1) is 18.3. The number of nitrogens with zero attached hydrogens (tertiary/aromatic N) is 1. The summed E-state index contributed by atoms with van der Waals surface area (Å²) in [5, 5.41) is 2.30. The van der Waals surface area contributed by atoms with E-state index in [9.17, 15) is 28.0 Å². The van der Waals surface area contributed by atoms with Crippen molar-refractivity contribution in [3.8, 4) is 0 Å². The second kappa shape index (κ2) is 8.31. The third kappa shape index (κ3) is 4.08. The fourth-order valence-electron chi connectivity index (χ4n) is 3.47. The fourth-order valence-corrected chi connectivity index (χ4v) is 3.59. The maximum atomic E-state index is 14.6. The summed E-state index contributed by atoms with van der Waals surface area (Å²) in [6.07, 6.45) is -1.93. The zero-order chi connectivity index (χ0) is 25.7. The summed E-state index contributed by atoms with van der Waals surface area (Å²) in [7, 11) is 0. The number of benzene rings is 2. The highest BCUT2D eigenvalue weighted by Gasteiger charge is 2.41. The predicted octanol–water partition coefficient (Wildman–Crippen LogP) is 2.51. The van der Waals surface area contributed by atoms with Crippen LogP contribution in [0.4, 0.5) is 8.78 Å². The van der Waals surface area contributed by atoms with E-state index in [0.717, 1.165) is 17.0 Å². The molecule has 2 aromatic rings. The Morgan fingerprint density at radius 3 is 2.69 bits per heavy atom. The maximum absolute atomic E-state index is 14.6. The molecule has 0 saturated carbocycles. The van der Waals surface area contributed by atoms with Crippen LogP contribution in [-0.4, -0.2) is 34.5 Å². The lowest BCUT2D eigenvalue weighted by atomic mass is 10.0. The molecule has 2 unspecified atom stereocenters. The van der Waals surface area contributed by atoms with Crippen molar-refractivity contribution in [2.24, 2.45) is 0 Å². The molecule has 2 heterocycles. The van der Waals surface area contributed by atoms with Gasteiger partial charge >= 0.3 is 5.92 Å². The molecule has 1 fully saturated rings. The summed E-state index contributed by atoms with van der Waals surface area (Å²) >= 11 is 5.69. The van der Waals surface area contributed by atoms with Crippen LogP contribution in [0, 0.1) is 0 Å². The Labute approximate surface area is 191 Å². The van der Waals surface area contributed by atoms with Crippen LogP contribution in [0.25, 0.3) is 0 Å². The van der Waals surface area contributed by atoms with Crippen LogP contribution in [0.2, 0.25) is 6.43 Å². The average Bonchev–Trinajstić information content (AvgIpc) is 3.13. The molecule has 10 heteroatoms. The zero-order valence-corrected chi connectivity index (χ0v) is 17.2. The molecule has 32 heavy (non-hydrogen) atoms. The van der Waals surface area contributed by atoms with E-state index in [4.69, 9.17) is 15.8 Å². The molecule has 166 valence electrons. The van der Waals surface area contributed by atoms with Crippen molar-refractivity contribution in [1.82, 2.24) is 15.5 Å². The molecule has 2 aliphatic heterocycles. The van der Waals surface area contributed by atoms with Crippen molar-refractivity contribution < 1.29 is 32.1 Å². The molecule has 0 spiro atoms. The van der Waals surface area contributed by atoms with Gasteiger partial charge in [-0.15, -0.1) is 0 Å². The van der Waals surface area contributed by atoms with E-state index in [1.165, 1.54) is 30.3 Å². The lowest BCUT2D eigenvalue weighted by molar-refractivity contribution is -0.147. The Hall–Kier alpha value is -3.33. The van der Waals surface area contributed by atoms with Crippen LogP contribution in [0.5, 0.6) is 0 Å².